The molecule has 0 saturated heterocycles. The predicted molar refractivity (Wildman–Crippen MR) is 61.0 cm³/mol. The van der Waals surface area contributed by atoms with E-state index in [1.165, 1.54) is 23.7 Å². The zero-order chi connectivity index (χ0) is 12.1. The molecule has 1 rings (SSSR count). The van der Waals surface area contributed by atoms with Crippen LogP contribution in [0.3, 0.4) is 0 Å². The molecule has 0 radical (unpaired) electrons. The molecule has 1 N–H and O–H groups in total. The van der Waals surface area contributed by atoms with Crippen LogP contribution in [0.1, 0.15) is 24.8 Å². The predicted octanol–water partition coefficient (Wildman–Crippen LogP) is 3.53. The van der Waals surface area contributed by atoms with Crippen molar-refractivity contribution < 1.29 is 14.3 Å². The summed E-state index contributed by atoms with van der Waals surface area (Å²) >= 11 is 5.48. The second kappa shape index (κ2) is 5.66. The third-order valence-corrected chi connectivity index (χ3v) is 2.66. The first kappa shape index (κ1) is 12.7. The van der Waals surface area contributed by atoms with Gasteiger partial charge in [0.2, 0.25) is 0 Å². The fourth-order valence-electron chi connectivity index (χ4n) is 1.45. The first-order valence-electron chi connectivity index (χ1n) is 4.79. The van der Waals surface area contributed by atoms with E-state index in [4.69, 9.17) is 16.7 Å². The second-order valence-electron chi connectivity index (χ2n) is 3.57. The highest BCUT2D eigenvalue weighted by Gasteiger charge is 2.22. The van der Waals surface area contributed by atoms with Gasteiger partial charge in [-0.05, 0) is 19.4 Å². The van der Waals surface area contributed by atoms with Crippen LogP contribution < -0.4 is 0 Å². The number of aliphatic carboxylic acids is 1. The number of halogens is 2. The lowest BCUT2D eigenvalue weighted by atomic mass is 9.92. The van der Waals surface area contributed by atoms with Crippen LogP contribution >= 0.6 is 11.6 Å². The minimum atomic E-state index is -1.05. The molecule has 0 aliphatic carbocycles. The Kier molecular flexibility index (Phi) is 4.50. The average molecular weight is 243 g/mol. The van der Waals surface area contributed by atoms with Crippen molar-refractivity contribution in [2.24, 2.45) is 0 Å². The van der Waals surface area contributed by atoms with Gasteiger partial charge in [-0.15, -0.1) is 0 Å². The van der Waals surface area contributed by atoms with Crippen LogP contribution in [0.4, 0.5) is 4.39 Å². The molecule has 0 spiro atoms. The molecule has 0 amide bonds. The van der Waals surface area contributed by atoms with Gasteiger partial charge in [-0.3, -0.25) is 4.79 Å². The van der Waals surface area contributed by atoms with Gasteiger partial charge in [-0.25, -0.2) is 4.39 Å². The van der Waals surface area contributed by atoms with E-state index in [-0.39, 0.29) is 12.0 Å². The quantitative estimate of drug-likeness (QED) is 0.877. The summed E-state index contributed by atoms with van der Waals surface area (Å²) in [4.78, 5) is 11.1. The number of rotatable bonds is 4. The number of benzene rings is 1. The van der Waals surface area contributed by atoms with E-state index in [0.29, 0.717) is 5.57 Å². The lowest BCUT2D eigenvalue weighted by molar-refractivity contribution is -0.138. The Morgan fingerprint density at radius 3 is 2.69 bits per heavy atom. The molecule has 1 aromatic carbocycles. The van der Waals surface area contributed by atoms with Crippen molar-refractivity contribution in [1.29, 1.82) is 0 Å². The van der Waals surface area contributed by atoms with E-state index in [1.807, 2.05) is 0 Å². The average Bonchev–Trinajstić information content (AvgIpc) is 2.26. The van der Waals surface area contributed by atoms with Gasteiger partial charge in [0.15, 0.2) is 0 Å². The summed E-state index contributed by atoms with van der Waals surface area (Å²) in [5, 5.41) is 9.06. The minimum Gasteiger partial charge on any atom is -0.481 e. The van der Waals surface area contributed by atoms with Gasteiger partial charge in [0.25, 0.3) is 0 Å². The van der Waals surface area contributed by atoms with Gasteiger partial charge < -0.3 is 5.11 Å². The lowest BCUT2D eigenvalue weighted by Crippen LogP contribution is -2.13. The highest BCUT2D eigenvalue weighted by Crippen LogP contribution is 2.26. The molecule has 4 heteroatoms. The Morgan fingerprint density at radius 2 is 2.19 bits per heavy atom. The maximum atomic E-state index is 13.4. The summed E-state index contributed by atoms with van der Waals surface area (Å²) in [6.07, 6.45) is 0.208. The molecule has 0 saturated carbocycles. The van der Waals surface area contributed by atoms with E-state index < -0.39 is 17.7 Å². The van der Waals surface area contributed by atoms with E-state index >= 15 is 0 Å². The van der Waals surface area contributed by atoms with Crippen LogP contribution in [0.15, 0.2) is 35.4 Å². The molecular weight excluding hydrogens is 231 g/mol. The van der Waals surface area contributed by atoms with Crippen molar-refractivity contribution in [3.63, 3.8) is 0 Å². The maximum Gasteiger partial charge on any atom is 0.311 e. The zero-order valence-electron chi connectivity index (χ0n) is 8.78. The Bertz CT molecular complexity index is 415. The summed E-state index contributed by atoms with van der Waals surface area (Å²) in [5.41, 5.74) is 2.21. The second-order valence-corrected chi connectivity index (χ2v) is 3.79. The molecule has 0 aliphatic rings. The summed E-state index contributed by atoms with van der Waals surface area (Å²) < 4.78 is 13.4. The molecule has 0 heterocycles. The summed E-state index contributed by atoms with van der Waals surface area (Å²) in [6.45, 7) is 1.71. The Balaban J connectivity index is 3.04. The van der Waals surface area contributed by atoms with Crippen molar-refractivity contribution in [2.75, 3.05) is 0 Å². The monoisotopic (exact) mass is 242 g/mol. The van der Waals surface area contributed by atoms with Crippen molar-refractivity contribution >= 4 is 17.6 Å². The molecular formula is C12H12ClFO2. The van der Waals surface area contributed by atoms with Crippen LogP contribution in [0.2, 0.25) is 0 Å². The van der Waals surface area contributed by atoms with Crippen molar-refractivity contribution in [3.8, 4) is 0 Å². The van der Waals surface area contributed by atoms with Crippen LogP contribution in [0, 0.1) is 5.82 Å². The molecule has 0 aromatic heterocycles. The van der Waals surface area contributed by atoms with Crippen molar-refractivity contribution in [3.05, 3.63) is 46.8 Å². The molecule has 2 nitrogen and oxygen atoms in total. The van der Waals surface area contributed by atoms with E-state index in [9.17, 15) is 9.18 Å². The molecule has 1 aromatic rings. The number of hydrogen-bond donors (Lipinski definition) is 1. The molecule has 1 unspecified atom stereocenters. The first-order chi connectivity index (χ1) is 7.56. The van der Waals surface area contributed by atoms with Gasteiger partial charge in [-0.1, -0.05) is 35.4 Å². The molecule has 16 heavy (non-hydrogen) atoms. The SMILES string of the molecule is C/C(=C/Cl)CC(C(=O)O)c1ccccc1F. The zero-order valence-corrected chi connectivity index (χ0v) is 9.54. The standard InChI is InChI=1S/C12H12ClFO2/c1-8(7-13)6-10(12(15)16)9-4-2-3-5-11(9)14/h2-5,7,10H,6H2,1H3,(H,15,16)/b8-7-. The van der Waals surface area contributed by atoms with Gasteiger partial charge in [0, 0.05) is 11.1 Å². The lowest BCUT2D eigenvalue weighted by Gasteiger charge is -2.13. The fourth-order valence-corrected chi connectivity index (χ4v) is 1.54. The van der Waals surface area contributed by atoms with E-state index in [2.05, 4.69) is 0 Å². The highest BCUT2D eigenvalue weighted by atomic mass is 35.5. The smallest absolute Gasteiger partial charge is 0.311 e. The Labute approximate surface area is 98.4 Å². The molecule has 0 bridgehead atoms. The van der Waals surface area contributed by atoms with Gasteiger partial charge in [0.05, 0.1) is 5.92 Å². The Morgan fingerprint density at radius 1 is 1.56 bits per heavy atom. The molecule has 0 fully saturated rings. The normalized spacial score (nSPS) is 13.6. The largest absolute Gasteiger partial charge is 0.481 e. The van der Waals surface area contributed by atoms with Crippen LogP contribution in [0.5, 0.6) is 0 Å². The summed E-state index contributed by atoms with van der Waals surface area (Å²) in [7, 11) is 0. The fraction of sp³-hybridized carbons (Fsp3) is 0.250. The topological polar surface area (TPSA) is 37.3 Å². The molecule has 0 aliphatic heterocycles. The van der Waals surface area contributed by atoms with E-state index in [0.717, 1.165) is 0 Å². The number of carboxylic acids is 1. The van der Waals surface area contributed by atoms with Crippen molar-refractivity contribution in [2.45, 2.75) is 19.3 Å². The van der Waals surface area contributed by atoms with Crippen LogP contribution in [0.25, 0.3) is 0 Å². The van der Waals surface area contributed by atoms with Crippen LogP contribution in [-0.4, -0.2) is 11.1 Å². The van der Waals surface area contributed by atoms with Crippen LogP contribution in [-0.2, 0) is 4.79 Å². The maximum absolute atomic E-state index is 13.4. The number of carbonyl (C=O) groups is 1. The third kappa shape index (κ3) is 3.07. The third-order valence-electron chi connectivity index (χ3n) is 2.29. The number of hydrogen-bond acceptors (Lipinski definition) is 1. The summed E-state index contributed by atoms with van der Waals surface area (Å²) in [5.74, 6) is -2.45. The van der Waals surface area contributed by atoms with Crippen molar-refractivity contribution in [1.82, 2.24) is 0 Å². The Hall–Kier alpha value is -1.35. The minimum absolute atomic E-state index is 0.188. The number of allylic oxidation sites excluding steroid dienone is 1. The van der Waals surface area contributed by atoms with Gasteiger partial charge in [0.1, 0.15) is 5.82 Å². The molecule has 86 valence electrons. The summed E-state index contributed by atoms with van der Waals surface area (Å²) in [6, 6.07) is 5.89. The first-order valence-corrected chi connectivity index (χ1v) is 5.23. The van der Waals surface area contributed by atoms with Gasteiger partial charge in [-0.2, -0.15) is 0 Å². The molecule has 1 atom stereocenters. The van der Waals surface area contributed by atoms with Gasteiger partial charge >= 0.3 is 5.97 Å². The number of carboxylic acid groups (broad SMARTS) is 1. The highest BCUT2D eigenvalue weighted by molar-refractivity contribution is 6.25. The van der Waals surface area contributed by atoms with E-state index in [1.54, 1.807) is 13.0 Å².